The molecular weight excluding hydrogens is 220 g/mol. The van der Waals surface area contributed by atoms with Gasteiger partial charge in [-0.05, 0) is 48.6 Å². The minimum atomic E-state index is -0.428. The lowest BCUT2D eigenvalue weighted by atomic mass is 9.66. The Bertz CT molecular complexity index is 425. The van der Waals surface area contributed by atoms with E-state index in [1.165, 1.54) is 36.8 Å². The third kappa shape index (κ3) is 2.21. The van der Waals surface area contributed by atoms with E-state index >= 15 is 0 Å². The number of hydrogen-bond acceptors (Lipinski definition) is 1. The van der Waals surface area contributed by atoms with E-state index in [4.69, 9.17) is 0 Å². The number of hydrogen-bond donors (Lipinski definition) is 1. The van der Waals surface area contributed by atoms with E-state index < -0.39 is 5.60 Å². The first-order chi connectivity index (χ1) is 8.67. The molecular formula is C17H24O. The molecule has 3 rings (SSSR count). The molecule has 1 heteroatoms. The quantitative estimate of drug-likeness (QED) is 0.798. The molecule has 98 valence electrons. The first-order valence-corrected chi connectivity index (χ1v) is 7.46. The number of aliphatic hydroxyl groups is 1. The summed E-state index contributed by atoms with van der Waals surface area (Å²) >= 11 is 0. The van der Waals surface area contributed by atoms with Crippen molar-refractivity contribution in [3.63, 3.8) is 0 Å². The molecule has 3 atom stereocenters. The summed E-state index contributed by atoms with van der Waals surface area (Å²) in [5.41, 5.74) is 2.40. The van der Waals surface area contributed by atoms with Gasteiger partial charge in [-0.15, -0.1) is 0 Å². The van der Waals surface area contributed by atoms with Crippen molar-refractivity contribution in [1.82, 2.24) is 0 Å². The maximum Gasteiger partial charge on any atom is 0.0719 e. The highest BCUT2D eigenvalue weighted by Gasteiger charge is 2.40. The average molecular weight is 244 g/mol. The van der Waals surface area contributed by atoms with E-state index in [-0.39, 0.29) is 0 Å². The zero-order valence-corrected chi connectivity index (χ0v) is 11.4. The highest BCUT2D eigenvalue weighted by Crippen LogP contribution is 2.42. The maximum absolute atomic E-state index is 11.1. The van der Waals surface area contributed by atoms with E-state index in [1.54, 1.807) is 0 Å². The van der Waals surface area contributed by atoms with Crippen LogP contribution in [0.3, 0.4) is 0 Å². The minimum absolute atomic E-state index is 0.428. The highest BCUT2D eigenvalue weighted by atomic mass is 16.3. The topological polar surface area (TPSA) is 20.2 Å². The van der Waals surface area contributed by atoms with Gasteiger partial charge in [0.15, 0.2) is 0 Å². The monoisotopic (exact) mass is 244 g/mol. The number of aryl methyl sites for hydroxylation is 1. The van der Waals surface area contributed by atoms with Crippen LogP contribution in [0.4, 0.5) is 0 Å². The van der Waals surface area contributed by atoms with Gasteiger partial charge in [-0.25, -0.2) is 0 Å². The Morgan fingerprint density at radius 3 is 2.72 bits per heavy atom. The fraction of sp³-hybridized carbons (Fsp3) is 0.647. The van der Waals surface area contributed by atoms with E-state index in [9.17, 15) is 5.11 Å². The molecule has 1 aromatic carbocycles. The molecule has 0 spiro atoms. The Labute approximate surface area is 110 Å². The fourth-order valence-corrected chi connectivity index (χ4v) is 4.01. The number of fused-ring (bicyclic) bond motifs is 1. The second kappa shape index (κ2) is 4.70. The van der Waals surface area contributed by atoms with Gasteiger partial charge in [0.1, 0.15) is 0 Å². The molecule has 2 aliphatic carbocycles. The molecule has 1 aromatic rings. The van der Waals surface area contributed by atoms with Gasteiger partial charge in [0.2, 0.25) is 0 Å². The SMILES string of the molecule is CC1CCCC(C2(O)CCc3ccccc3C2)C1. The van der Waals surface area contributed by atoms with Crippen LogP contribution in [-0.4, -0.2) is 10.7 Å². The molecule has 0 aliphatic heterocycles. The highest BCUT2D eigenvalue weighted by molar-refractivity contribution is 5.31. The lowest BCUT2D eigenvalue weighted by Crippen LogP contribution is -2.45. The van der Waals surface area contributed by atoms with Crippen LogP contribution >= 0.6 is 0 Å². The zero-order valence-electron chi connectivity index (χ0n) is 11.4. The van der Waals surface area contributed by atoms with Crippen molar-refractivity contribution in [3.8, 4) is 0 Å². The summed E-state index contributed by atoms with van der Waals surface area (Å²) in [6.07, 6.45) is 7.99. The zero-order chi connectivity index (χ0) is 12.6. The van der Waals surface area contributed by atoms with Crippen LogP contribution in [0, 0.1) is 11.8 Å². The van der Waals surface area contributed by atoms with Crippen LogP contribution in [-0.2, 0) is 12.8 Å². The van der Waals surface area contributed by atoms with Gasteiger partial charge < -0.3 is 5.11 Å². The summed E-state index contributed by atoms with van der Waals surface area (Å²) in [4.78, 5) is 0. The van der Waals surface area contributed by atoms with Gasteiger partial charge in [0, 0.05) is 6.42 Å². The summed E-state index contributed by atoms with van der Waals surface area (Å²) in [6.45, 7) is 2.34. The van der Waals surface area contributed by atoms with Crippen molar-refractivity contribution >= 4 is 0 Å². The van der Waals surface area contributed by atoms with Crippen molar-refractivity contribution in [1.29, 1.82) is 0 Å². The molecule has 1 fully saturated rings. The molecule has 0 amide bonds. The smallest absolute Gasteiger partial charge is 0.0719 e. The number of rotatable bonds is 1. The van der Waals surface area contributed by atoms with E-state index in [0.717, 1.165) is 25.2 Å². The molecule has 0 aromatic heterocycles. The largest absolute Gasteiger partial charge is 0.389 e. The molecule has 0 heterocycles. The van der Waals surface area contributed by atoms with Gasteiger partial charge in [-0.3, -0.25) is 0 Å². The molecule has 18 heavy (non-hydrogen) atoms. The minimum Gasteiger partial charge on any atom is -0.389 e. The molecule has 1 saturated carbocycles. The van der Waals surface area contributed by atoms with Crippen molar-refractivity contribution < 1.29 is 5.11 Å². The predicted octanol–water partition coefficient (Wildman–Crippen LogP) is 3.73. The van der Waals surface area contributed by atoms with Crippen LogP contribution < -0.4 is 0 Å². The van der Waals surface area contributed by atoms with Crippen molar-refractivity contribution in [2.45, 2.75) is 57.5 Å². The molecule has 2 aliphatic rings. The first-order valence-electron chi connectivity index (χ1n) is 7.46. The standard InChI is InChI=1S/C17H24O/c1-13-5-4-8-16(11-13)17(18)10-9-14-6-2-3-7-15(14)12-17/h2-3,6-7,13,16,18H,4-5,8-12H2,1H3. The fourth-order valence-electron chi connectivity index (χ4n) is 4.01. The van der Waals surface area contributed by atoms with Crippen LogP contribution in [0.5, 0.6) is 0 Å². The van der Waals surface area contributed by atoms with E-state index in [1.807, 2.05) is 0 Å². The third-order valence-electron chi connectivity index (χ3n) is 5.14. The summed E-state index contributed by atoms with van der Waals surface area (Å²) < 4.78 is 0. The molecule has 1 N–H and O–H groups in total. The van der Waals surface area contributed by atoms with Gasteiger partial charge in [0.25, 0.3) is 0 Å². The Balaban J connectivity index is 1.80. The van der Waals surface area contributed by atoms with Gasteiger partial charge in [-0.2, -0.15) is 0 Å². The second-order valence-electron chi connectivity index (χ2n) is 6.52. The lowest BCUT2D eigenvalue weighted by Gasteiger charge is -2.43. The second-order valence-corrected chi connectivity index (χ2v) is 6.52. The predicted molar refractivity (Wildman–Crippen MR) is 74.5 cm³/mol. The molecule has 3 unspecified atom stereocenters. The molecule has 0 radical (unpaired) electrons. The van der Waals surface area contributed by atoms with Crippen LogP contribution in [0.25, 0.3) is 0 Å². The van der Waals surface area contributed by atoms with Gasteiger partial charge in [-0.1, -0.05) is 44.0 Å². The third-order valence-corrected chi connectivity index (χ3v) is 5.14. The van der Waals surface area contributed by atoms with E-state index in [2.05, 4.69) is 31.2 Å². The van der Waals surface area contributed by atoms with E-state index in [0.29, 0.717) is 5.92 Å². The van der Waals surface area contributed by atoms with Gasteiger partial charge in [0.05, 0.1) is 5.60 Å². The normalized spacial score (nSPS) is 36.1. The Morgan fingerprint density at radius 2 is 1.94 bits per heavy atom. The van der Waals surface area contributed by atoms with Crippen molar-refractivity contribution in [3.05, 3.63) is 35.4 Å². The lowest BCUT2D eigenvalue weighted by molar-refractivity contribution is -0.0505. The molecule has 1 nitrogen and oxygen atoms in total. The Morgan fingerprint density at radius 1 is 1.17 bits per heavy atom. The van der Waals surface area contributed by atoms with Crippen LogP contribution in [0.15, 0.2) is 24.3 Å². The molecule has 0 bridgehead atoms. The summed E-state index contributed by atoms with van der Waals surface area (Å²) in [7, 11) is 0. The summed E-state index contributed by atoms with van der Waals surface area (Å²) in [6, 6.07) is 8.64. The Hall–Kier alpha value is -0.820. The Kier molecular flexibility index (Phi) is 3.19. The maximum atomic E-state index is 11.1. The van der Waals surface area contributed by atoms with Crippen LogP contribution in [0.2, 0.25) is 0 Å². The molecule has 0 saturated heterocycles. The summed E-state index contributed by atoms with van der Waals surface area (Å²) in [5, 5.41) is 11.1. The van der Waals surface area contributed by atoms with Crippen molar-refractivity contribution in [2.75, 3.05) is 0 Å². The first kappa shape index (κ1) is 12.2. The van der Waals surface area contributed by atoms with Crippen molar-refractivity contribution in [2.24, 2.45) is 11.8 Å². The summed E-state index contributed by atoms with van der Waals surface area (Å²) in [5.74, 6) is 1.32. The van der Waals surface area contributed by atoms with Crippen LogP contribution in [0.1, 0.15) is 50.2 Å². The average Bonchev–Trinajstić information content (AvgIpc) is 2.38. The number of benzene rings is 1. The van der Waals surface area contributed by atoms with Gasteiger partial charge >= 0.3 is 0 Å².